The summed E-state index contributed by atoms with van der Waals surface area (Å²) in [7, 11) is 0. The molecule has 1 atom stereocenters. The molecule has 0 radical (unpaired) electrons. The Kier molecular flexibility index (Phi) is 4.63. The molecular weight excluding hydrogens is 338 g/mol. The Hall–Kier alpha value is -2.60. The summed E-state index contributed by atoms with van der Waals surface area (Å²) in [4.78, 5) is 27.5. The van der Waals surface area contributed by atoms with Gasteiger partial charge in [0.25, 0.3) is 5.91 Å². The Bertz CT molecular complexity index is 839. The molecule has 2 N–H and O–H groups in total. The fourth-order valence-corrected chi connectivity index (χ4v) is 3.83. The minimum absolute atomic E-state index is 0.0808. The van der Waals surface area contributed by atoms with Crippen molar-refractivity contribution in [2.24, 2.45) is 5.92 Å². The molecule has 1 aliphatic rings. The molecule has 5 nitrogen and oxygen atoms in total. The fraction of sp³-hybridized carbons (Fsp3) is 0.263. The van der Waals surface area contributed by atoms with Crippen LogP contribution >= 0.6 is 11.3 Å². The second-order valence-electron chi connectivity index (χ2n) is 6.37. The Morgan fingerprint density at radius 3 is 2.52 bits per heavy atom. The summed E-state index contributed by atoms with van der Waals surface area (Å²) in [6.07, 6.45) is 0.239. The van der Waals surface area contributed by atoms with Crippen LogP contribution in [0.3, 0.4) is 0 Å². The first-order valence-corrected chi connectivity index (χ1v) is 8.91. The molecule has 3 rings (SSSR count). The maximum atomic E-state index is 12.7. The monoisotopic (exact) mass is 357 g/mol. The third-order valence-electron chi connectivity index (χ3n) is 4.06. The predicted octanol–water partition coefficient (Wildman–Crippen LogP) is 3.97. The first-order chi connectivity index (χ1) is 11.9. The first-order valence-electron chi connectivity index (χ1n) is 8.03. The maximum absolute atomic E-state index is 12.7. The molecule has 1 amide bonds. The van der Waals surface area contributed by atoms with Gasteiger partial charge in [-0.25, -0.2) is 0 Å². The Labute approximate surface area is 149 Å². The van der Waals surface area contributed by atoms with Gasteiger partial charge in [0.1, 0.15) is 11.8 Å². The van der Waals surface area contributed by atoms with Gasteiger partial charge in [-0.1, -0.05) is 32.0 Å². The van der Waals surface area contributed by atoms with Crippen molar-refractivity contribution < 1.29 is 19.8 Å². The van der Waals surface area contributed by atoms with Crippen LogP contribution in [0.25, 0.3) is 0 Å². The molecule has 1 unspecified atom stereocenters. The molecule has 0 aliphatic carbocycles. The summed E-state index contributed by atoms with van der Waals surface area (Å²) >= 11 is 1.40. The van der Waals surface area contributed by atoms with E-state index in [1.807, 2.05) is 31.4 Å². The number of aliphatic hydroxyl groups is 1. The molecule has 1 aromatic heterocycles. The molecular formula is C19H19NO4S. The maximum Gasteiger partial charge on any atom is 0.294 e. The van der Waals surface area contributed by atoms with Gasteiger partial charge in [0.05, 0.1) is 11.3 Å². The topological polar surface area (TPSA) is 77.8 Å². The number of phenolic OH excluding ortho intramolecular Hbond substituents is 1. The summed E-state index contributed by atoms with van der Waals surface area (Å²) in [6, 6.07) is 9.32. The number of amides is 1. The van der Waals surface area contributed by atoms with Crippen molar-refractivity contribution in [1.82, 2.24) is 0 Å². The van der Waals surface area contributed by atoms with Crippen LogP contribution in [0.15, 0.2) is 53.1 Å². The van der Waals surface area contributed by atoms with E-state index in [1.165, 1.54) is 22.3 Å². The molecule has 0 saturated heterocycles. The average Bonchev–Trinajstić information content (AvgIpc) is 3.15. The number of anilines is 1. The van der Waals surface area contributed by atoms with Crippen LogP contribution in [0, 0.1) is 5.92 Å². The molecule has 0 spiro atoms. The van der Waals surface area contributed by atoms with Gasteiger partial charge in [0.2, 0.25) is 0 Å². The molecule has 2 heterocycles. The molecule has 0 bridgehead atoms. The van der Waals surface area contributed by atoms with E-state index < -0.39 is 17.7 Å². The molecule has 130 valence electrons. The van der Waals surface area contributed by atoms with Crippen LogP contribution in [0.1, 0.15) is 31.2 Å². The highest BCUT2D eigenvalue weighted by molar-refractivity contribution is 7.10. The third-order valence-corrected chi connectivity index (χ3v) is 4.98. The molecule has 0 saturated carbocycles. The lowest BCUT2D eigenvalue weighted by Crippen LogP contribution is -2.30. The number of aliphatic hydroxyl groups excluding tert-OH is 1. The second-order valence-corrected chi connectivity index (χ2v) is 7.34. The number of nitrogens with zero attached hydrogens (tertiary/aromatic N) is 1. The number of thiophene rings is 1. The highest BCUT2D eigenvalue weighted by Crippen LogP contribution is 2.45. The van der Waals surface area contributed by atoms with Gasteiger partial charge in [-0.3, -0.25) is 14.5 Å². The van der Waals surface area contributed by atoms with E-state index in [0.29, 0.717) is 0 Å². The number of benzene rings is 1. The zero-order valence-corrected chi connectivity index (χ0v) is 14.8. The van der Waals surface area contributed by atoms with Crippen molar-refractivity contribution in [3.05, 3.63) is 58.0 Å². The van der Waals surface area contributed by atoms with E-state index >= 15 is 0 Å². The number of aromatic hydroxyl groups is 1. The number of carbonyl (C=O) groups excluding carboxylic acids is 2. The lowest BCUT2D eigenvalue weighted by Gasteiger charge is -2.26. The fourth-order valence-electron chi connectivity index (χ4n) is 3.00. The number of Topliss-reactive ketones (excluding diaryl/α,β-unsaturated/α-hetero) is 1. The number of ketones is 1. The smallest absolute Gasteiger partial charge is 0.294 e. The number of hydrogen-bond donors (Lipinski definition) is 2. The summed E-state index contributed by atoms with van der Waals surface area (Å²) in [6.45, 7) is 3.82. The largest absolute Gasteiger partial charge is 0.506 e. The Morgan fingerprint density at radius 1 is 1.20 bits per heavy atom. The summed E-state index contributed by atoms with van der Waals surface area (Å²) in [5.41, 5.74) is 0.370. The zero-order valence-electron chi connectivity index (χ0n) is 14.0. The van der Waals surface area contributed by atoms with Crippen molar-refractivity contribution in [3.8, 4) is 5.75 Å². The van der Waals surface area contributed by atoms with E-state index in [9.17, 15) is 19.8 Å². The Balaban J connectivity index is 2.13. The van der Waals surface area contributed by atoms with Crippen LogP contribution in [0.5, 0.6) is 5.75 Å². The molecule has 6 heteroatoms. The predicted molar refractivity (Wildman–Crippen MR) is 96.8 cm³/mol. The highest BCUT2D eigenvalue weighted by atomic mass is 32.1. The van der Waals surface area contributed by atoms with Crippen LogP contribution in [0.2, 0.25) is 0 Å². The molecule has 1 aromatic carbocycles. The lowest BCUT2D eigenvalue weighted by atomic mass is 9.95. The van der Waals surface area contributed by atoms with Crippen LogP contribution in [0.4, 0.5) is 5.69 Å². The van der Waals surface area contributed by atoms with E-state index in [-0.39, 0.29) is 35.1 Å². The van der Waals surface area contributed by atoms with Gasteiger partial charge >= 0.3 is 0 Å². The van der Waals surface area contributed by atoms with Crippen molar-refractivity contribution in [2.75, 3.05) is 4.90 Å². The average molecular weight is 357 g/mol. The van der Waals surface area contributed by atoms with Crippen molar-refractivity contribution in [3.63, 3.8) is 0 Å². The normalized spacial score (nSPS) is 17.6. The second kappa shape index (κ2) is 6.72. The summed E-state index contributed by atoms with van der Waals surface area (Å²) < 4.78 is 0. The van der Waals surface area contributed by atoms with Gasteiger partial charge in [0, 0.05) is 11.3 Å². The number of hydrogen-bond acceptors (Lipinski definition) is 5. The van der Waals surface area contributed by atoms with Crippen LogP contribution in [-0.2, 0) is 9.59 Å². The number of phenols is 1. The van der Waals surface area contributed by atoms with Gasteiger partial charge in [-0.05, 0) is 29.5 Å². The summed E-state index contributed by atoms with van der Waals surface area (Å²) in [5.74, 6) is -1.44. The third kappa shape index (κ3) is 3.05. The molecule has 1 aliphatic heterocycles. The van der Waals surface area contributed by atoms with E-state index in [1.54, 1.807) is 18.2 Å². The summed E-state index contributed by atoms with van der Waals surface area (Å²) in [5, 5.41) is 22.5. The van der Waals surface area contributed by atoms with Gasteiger partial charge < -0.3 is 10.2 Å². The highest BCUT2D eigenvalue weighted by Gasteiger charge is 2.45. The quantitative estimate of drug-likeness (QED) is 0.849. The van der Waals surface area contributed by atoms with Gasteiger partial charge in [-0.2, -0.15) is 0 Å². The Morgan fingerprint density at radius 2 is 1.92 bits per heavy atom. The van der Waals surface area contributed by atoms with Crippen molar-refractivity contribution in [1.29, 1.82) is 0 Å². The molecule has 0 fully saturated rings. The minimum atomic E-state index is -0.730. The van der Waals surface area contributed by atoms with E-state index in [0.717, 1.165) is 4.88 Å². The van der Waals surface area contributed by atoms with Crippen LogP contribution in [-0.4, -0.2) is 21.9 Å². The van der Waals surface area contributed by atoms with Gasteiger partial charge in [0.15, 0.2) is 11.5 Å². The number of para-hydroxylation sites is 2. The van der Waals surface area contributed by atoms with Crippen LogP contribution < -0.4 is 4.90 Å². The first kappa shape index (κ1) is 17.2. The van der Waals surface area contributed by atoms with Gasteiger partial charge in [-0.15, -0.1) is 11.3 Å². The SMILES string of the molecule is CC(C)CC(=O)C1=C(O)C(=O)N(c2ccccc2O)C1c1cccs1. The van der Waals surface area contributed by atoms with Crippen molar-refractivity contribution >= 4 is 28.7 Å². The zero-order chi connectivity index (χ0) is 18.1. The van der Waals surface area contributed by atoms with E-state index in [2.05, 4.69) is 0 Å². The lowest BCUT2D eigenvalue weighted by molar-refractivity contribution is -0.118. The number of carbonyl (C=O) groups is 2. The number of rotatable bonds is 5. The van der Waals surface area contributed by atoms with Crippen molar-refractivity contribution in [2.45, 2.75) is 26.3 Å². The molecule has 25 heavy (non-hydrogen) atoms. The minimum Gasteiger partial charge on any atom is -0.506 e. The van der Waals surface area contributed by atoms with E-state index in [4.69, 9.17) is 0 Å². The standard InChI is InChI=1S/C19H19NO4S/c1-11(2)10-14(22)16-17(15-8-5-9-25-15)20(19(24)18(16)23)12-6-3-4-7-13(12)21/h3-9,11,17,21,23H,10H2,1-2H3. The molecule has 2 aromatic rings.